The molecular weight excluding hydrogens is 273 g/mol. The Morgan fingerprint density at radius 3 is 1.74 bits per heavy atom. The van der Waals surface area contributed by atoms with Crippen molar-refractivity contribution in [3.63, 3.8) is 0 Å². The number of aryl methyl sites for hydroxylation is 1. The van der Waals surface area contributed by atoms with Gasteiger partial charge >= 0.3 is 0 Å². The highest BCUT2D eigenvalue weighted by Crippen LogP contribution is 2.56. The van der Waals surface area contributed by atoms with Crippen LogP contribution in [0, 0.1) is 6.92 Å². The summed E-state index contributed by atoms with van der Waals surface area (Å²) in [5.41, 5.74) is 1.19. The van der Waals surface area contributed by atoms with Gasteiger partial charge in [-0.3, -0.25) is 0 Å². The van der Waals surface area contributed by atoms with Crippen LogP contribution in [0.2, 0.25) is 0 Å². The lowest BCUT2D eigenvalue weighted by atomic mass is 10.2. The van der Waals surface area contributed by atoms with E-state index < -0.39 is 19.1 Å². The lowest BCUT2D eigenvalue weighted by molar-refractivity contribution is 0.673. The zero-order valence-corrected chi connectivity index (χ0v) is 14.8. The van der Waals surface area contributed by atoms with Crippen molar-refractivity contribution < 1.29 is 4.21 Å². The lowest BCUT2D eigenvalue weighted by Gasteiger charge is -2.40. The molecular formula is C15H26NOPS. The zero-order valence-electron chi connectivity index (χ0n) is 13.1. The molecule has 0 amide bonds. The number of nitrogens with one attached hydrogen (secondary N) is 1. The predicted octanol–water partition coefficient (Wildman–Crippen LogP) is 4.60. The molecule has 2 nitrogen and oxygen atoms in total. The van der Waals surface area contributed by atoms with Gasteiger partial charge in [-0.2, -0.15) is 0 Å². The van der Waals surface area contributed by atoms with Crippen molar-refractivity contribution in [2.45, 2.75) is 63.7 Å². The molecule has 19 heavy (non-hydrogen) atoms. The maximum Gasteiger partial charge on any atom is 0.128 e. The first-order valence-corrected chi connectivity index (χ1v) is 9.06. The van der Waals surface area contributed by atoms with Crippen LogP contribution < -0.4 is 4.49 Å². The first-order chi connectivity index (χ1) is 8.51. The Hall–Kier alpha value is -0.240. The summed E-state index contributed by atoms with van der Waals surface area (Å²) in [6, 6.07) is 7.89. The molecule has 0 aliphatic rings. The minimum Gasteiger partial charge on any atom is -0.237 e. The van der Waals surface area contributed by atoms with Gasteiger partial charge in [-0.05, 0) is 37.4 Å². The van der Waals surface area contributed by atoms with Crippen molar-refractivity contribution in [3.8, 4) is 0 Å². The van der Waals surface area contributed by atoms with Gasteiger partial charge in [-0.15, -0.1) is 0 Å². The van der Waals surface area contributed by atoms with Gasteiger partial charge in [0.15, 0.2) is 0 Å². The van der Waals surface area contributed by atoms with Crippen LogP contribution in [-0.4, -0.2) is 14.5 Å². The average Bonchev–Trinajstić information content (AvgIpc) is 2.23. The second-order valence-electron chi connectivity index (χ2n) is 6.85. The van der Waals surface area contributed by atoms with Crippen molar-refractivity contribution in [3.05, 3.63) is 29.8 Å². The second kappa shape index (κ2) is 6.03. The Morgan fingerprint density at radius 2 is 1.37 bits per heavy atom. The number of hydrogen-bond acceptors (Lipinski definition) is 1. The molecule has 0 aliphatic carbocycles. The fourth-order valence-electron chi connectivity index (χ4n) is 2.08. The van der Waals surface area contributed by atoms with Crippen molar-refractivity contribution in [2.24, 2.45) is 0 Å². The van der Waals surface area contributed by atoms with E-state index in [0.29, 0.717) is 0 Å². The van der Waals surface area contributed by atoms with Gasteiger partial charge in [-0.25, -0.2) is 8.70 Å². The molecule has 108 valence electrons. The van der Waals surface area contributed by atoms with Crippen LogP contribution in [0.1, 0.15) is 47.1 Å². The zero-order chi connectivity index (χ0) is 14.8. The third-order valence-electron chi connectivity index (χ3n) is 2.75. The third-order valence-corrected chi connectivity index (χ3v) is 7.53. The quantitative estimate of drug-likeness (QED) is 0.812. The summed E-state index contributed by atoms with van der Waals surface area (Å²) in [5, 5.41) is 0.238. The molecule has 1 atom stereocenters. The molecule has 4 heteroatoms. The molecule has 0 bridgehead atoms. The summed E-state index contributed by atoms with van der Waals surface area (Å²) >= 11 is 0. The molecule has 0 saturated heterocycles. The van der Waals surface area contributed by atoms with E-state index in [1.807, 2.05) is 31.2 Å². The van der Waals surface area contributed by atoms with Gasteiger partial charge in [0.1, 0.15) is 11.0 Å². The summed E-state index contributed by atoms with van der Waals surface area (Å²) in [6.07, 6.45) is 0. The van der Waals surface area contributed by atoms with E-state index in [2.05, 4.69) is 46.0 Å². The van der Waals surface area contributed by atoms with E-state index in [1.165, 1.54) is 5.56 Å². The van der Waals surface area contributed by atoms with Crippen molar-refractivity contribution in [2.75, 3.05) is 0 Å². The molecule has 1 aromatic carbocycles. The maximum absolute atomic E-state index is 12.5. The molecule has 0 aromatic heterocycles. The number of benzene rings is 1. The normalized spacial score (nSPS) is 14.7. The molecule has 1 rings (SSSR count). The van der Waals surface area contributed by atoms with Crippen LogP contribution in [0.5, 0.6) is 0 Å². The van der Waals surface area contributed by atoms with E-state index in [-0.39, 0.29) is 10.3 Å². The fourth-order valence-corrected chi connectivity index (χ4v) is 7.75. The first-order valence-electron chi connectivity index (χ1n) is 6.57. The van der Waals surface area contributed by atoms with E-state index in [4.69, 9.17) is 0 Å². The van der Waals surface area contributed by atoms with Crippen molar-refractivity contribution in [1.82, 2.24) is 4.49 Å². The molecule has 0 heterocycles. The average molecular weight is 299 g/mol. The van der Waals surface area contributed by atoms with Crippen LogP contribution in [0.25, 0.3) is 0 Å². The minimum atomic E-state index is -1.14. The predicted molar refractivity (Wildman–Crippen MR) is 87.1 cm³/mol. The molecule has 0 fully saturated rings. The topological polar surface area (TPSA) is 29.1 Å². The van der Waals surface area contributed by atoms with E-state index in [9.17, 15) is 4.21 Å². The highest BCUT2D eigenvalue weighted by Gasteiger charge is 2.35. The molecule has 0 aliphatic heterocycles. The van der Waals surface area contributed by atoms with Gasteiger partial charge in [0, 0.05) is 0 Å². The van der Waals surface area contributed by atoms with Crippen LogP contribution in [0.3, 0.4) is 0 Å². The monoisotopic (exact) mass is 299 g/mol. The molecule has 0 saturated carbocycles. The summed E-state index contributed by atoms with van der Waals surface area (Å²) in [4.78, 5) is 0.853. The van der Waals surface area contributed by atoms with Gasteiger partial charge in [-0.1, -0.05) is 59.2 Å². The maximum atomic E-state index is 12.5. The minimum absolute atomic E-state index is 0.119. The fraction of sp³-hybridized carbons (Fsp3) is 0.600. The van der Waals surface area contributed by atoms with E-state index >= 15 is 0 Å². The Balaban J connectivity index is 2.92. The molecule has 1 aromatic rings. The van der Waals surface area contributed by atoms with Gasteiger partial charge in [0.05, 0.1) is 4.90 Å². The van der Waals surface area contributed by atoms with Crippen molar-refractivity contribution in [1.29, 1.82) is 0 Å². The van der Waals surface area contributed by atoms with Crippen molar-refractivity contribution >= 4 is 19.1 Å². The first kappa shape index (κ1) is 16.8. The Bertz CT molecular complexity index is 429. The molecule has 1 N–H and O–H groups in total. The van der Waals surface area contributed by atoms with Gasteiger partial charge in [0.25, 0.3) is 0 Å². The van der Waals surface area contributed by atoms with Crippen LogP contribution >= 0.6 is 8.07 Å². The number of hydrogen-bond donors (Lipinski definition) is 1. The van der Waals surface area contributed by atoms with Crippen LogP contribution in [0.15, 0.2) is 29.2 Å². The SMILES string of the molecule is Cc1ccc(S(=O)NP(C(C)(C)C)C(C)(C)C)cc1. The van der Waals surface area contributed by atoms with Gasteiger partial charge in [0.2, 0.25) is 0 Å². The largest absolute Gasteiger partial charge is 0.237 e. The second-order valence-corrected chi connectivity index (χ2v) is 11.9. The number of rotatable bonds is 3. The summed E-state index contributed by atoms with van der Waals surface area (Å²) < 4.78 is 15.8. The van der Waals surface area contributed by atoms with E-state index in [0.717, 1.165) is 4.90 Å². The summed E-state index contributed by atoms with van der Waals surface area (Å²) in [7, 11) is -1.70. The Morgan fingerprint density at radius 1 is 0.947 bits per heavy atom. The van der Waals surface area contributed by atoms with E-state index in [1.54, 1.807) is 0 Å². The molecule has 0 spiro atoms. The highest BCUT2D eigenvalue weighted by molar-refractivity contribution is 7.90. The van der Waals surface area contributed by atoms with Gasteiger partial charge < -0.3 is 0 Å². The summed E-state index contributed by atoms with van der Waals surface area (Å²) in [6.45, 7) is 15.3. The van der Waals surface area contributed by atoms with Crippen LogP contribution in [0.4, 0.5) is 0 Å². The Kier molecular flexibility index (Phi) is 5.34. The Labute approximate surface area is 121 Å². The molecule has 1 unspecified atom stereocenters. The third kappa shape index (κ3) is 4.98. The smallest absolute Gasteiger partial charge is 0.128 e. The highest BCUT2D eigenvalue weighted by atomic mass is 32.2. The standard InChI is InChI=1S/C15H26NOPS/c1-12-8-10-13(11-9-12)19(17)16-18(14(2,3)4)15(5,6)7/h8-11,16H,1-7H3. The van der Waals surface area contributed by atoms with Crippen LogP contribution in [-0.2, 0) is 11.0 Å². The lowest BCUT2D eigenvalue weighted by Crippen LogP contribution is -2.33. The molecule has 0 radical (unpaired) electrons. The summed E-state index contributed by atoms with van der Waals surface area (Å²) in [5.74, 6) is 0.